The molecule has 0 bridgehead atoms. The van der Waals surface area contributed by atoms with Crippen LogP contribution in [0.2, 0.25) is 0 Å². The zero-order chi connectivity index (χ0) is 15.7. The van der Waals surface area contributed by atoms with Crippen molar-refractivity contribution in [2.75, 3.05) is 0 Å². The molecule has 0 saturated carbocycles. The Bertz CT molecular complexity index is 928. The van der Waals surface area contributed by atoms with Crippen molar-refractivity contribution in [2.45, 2.75) is 44.9 Å². The zero-order valence-electron chi connectivity index (χ0n) is 13.8. The average Bonchev–Trinajstić information content (AvgIpc) is 2.64. The summed E-state index contributed by atoms with van der Waals surface area (Å²) in [6.07, 6.45) is 3.26. The van der Waals surface area contributed by atoms with Crippen LogP contribution < -0.4 is 0 Å². The number of hydrogen-bond acceptors (Lipinski definition) is 1. The number of pyridine rings is 1. The van der Waals surface area contributed by atoms with Gasteiger partial charge in [0.05, 0.1) is 0 Å². The van der Waals surface area contributed by atoms with E-state index in [0.29, 0.717) is 0 Å². The summed E-state index contributed by atoms with van der Waals surface area (Å²) in [6, 6.07) is 11.8. The van der Waals surface area contributed by atoms with Crippen LogP contribution in [0.4, 0.5) is 0 Å². The number of aromatic nitrogens is 1. The molecule has 1 radical (unpaired) electrons. The van der Waals surface area contributed by atoms with Crippen LogP contribution in [0, 0.1) is 6.07 Å². The molecule has 0 N–H and O–H groups in total. The van der Waals surface area contributed by atoms with Gasteiger partial charge in [-0.05, 0) is 39.3 Å². The predicted molar refractivity (Wildman–Crippen MR) is 96.5 cm³/mol. The van der Waals surface area contributed by atoms with Gasteiger partial charge in [-0.25, -0.2) is 0 Å². The molecular weight excluding hydrogens is 526 g/mol. The second-order valence-corrected chi connectivity index (χ2v) is 8.56. The zero-order valence-corrected chi connectivity index (χ0v) is 17.7. The van der Waals surface area contributed by atoms with E-state index in [4.69, 9.17) is 4.98 Å². The Labute approximate surface area is 159 Å². The van der Waals surface area contributed by atoms with Gasteiger partial charge in [-0.15, -0.1) is 23.6 Å². The van der Waals surface area contributed by atoms with Gasteiger partial charge in [-0.3, -0.25) is 0 Å². The fourth-order valence-electron chi connectivity index (χ4n) is 4.43. The standard InChI is InChI=1S/C20H19BrN.Ir/c1-19(2)11-20(3,4)17-14-9-8-12-13(6-5-7-16(12)21)18(14)22-10-15(17)19;/h5,7-10H,11H2,1-4H3;/q-1;. The third-order valence-corrected chi connectivity index (χ3v) is 5.74. The van der Waals surface area contributed by atoms with Gasteiger partial charge in [-0.1, -0.05) is 65.6 Å². The SMILES string of the molecule is CC1(C)CC(C)(C)c2c1cnc1c2ccc2c(Br)cc[c-]c21.[Ir]. The van der Waals surface area contributed by atoms with Crippen molar-refractivity contribution in [1.82, 2.24) is 4.98 Å². The maximum absolute atomic E-state index is 4.83. The van der Waals surface area contributed by atoms with E-state index < -0.39 is 0 Å². The third kappa shape index (κ3) is 2.40. The van der Waals surface area contributed by atoms with Crippen LogP contribution in [0.15, 0.2) is 34.9 Å². The van der Waals surface area contributed by atoms with E-state index in [9.17, 15) is 0 Å². The van der Waals surface area contributed by atoms with E-state index in [-0.39, 0.29) is 30.9 Å². The minimum absolute atomic E-state index is 0. The number of nitrogens with zero attached hydrogens (tertiary/aromatic N) is 1. The second-order valence-electron chi connectivity index (χ2n) is 7.70. The first-order valence-electron chi connectivity index (χ1n) is 7.74. The normalized spacial score (nSPS) is 18.0. The van der Waals surface area contributed by atoms with Crippen LogP contribution >= 0.6 is 15.9 Å². The molecule has 1 aliphatic rings. The summed E-state index contributed by atoms with van der Waals surface area (Å²) in [5.41, 5.74) is 4.32. The molecule has 0 fully saturated rings. The molecule has 1 aliphatic carbocycles. The van der Waals surface area contributed by atoms with Gasteiger partial charge in [0, 0.05) is 26.3 Å². The molecule has 121 valence electrons. The van der Waals surface area contributed by atoms with E-state index in [1.165, 1.54) is 21.9 Å². The number of hydrogen-bond donors (Lipinski definition) is 0. The minimum atomic E-state index is 0. The fourth-order valence-corrected chi connectivity index (χ4v) is 4.89. The summed E-state index contributed by atoms with van der Waals surface area (Å²) >= 11 is 3.64. The summed E-state index contributed by atoms with van der Waals surface area (Å²) < 4.78 is 1.10. The molecular formula is C20H19BrIrN-. The monoisotopic (exact) mass is 545 g/mol. The van der Waals surface area contributed by atoms with Gasteiger partial charge in [-0.2, -0.15) is 0 Å². The molecule has 3 heteroatoms. The second kappa shape index (κ2) is 5.37. The first kappa shape index (κ1) is 17.1. The summed E-state index contributed by atoms with van der Waals surface area (Å²) in [7, 11) is 0. The van der Waals surface area contributed by atoms with Crippen LogP contribution in [0.5, 0.6) is 0 Å². The Morgan fingerprint density at radius 2 is 1.74 bits per heavy atom. The number of rotatable bonds is 0. The molecule has 0 unspecified atom stereocenters. The molecule has 1 nitrogen and oxygen atoms in total. The molecule has 2 aromatic carbocycles. The molecule has 0 spiro atoms. The molecule has 4 rings (SSSR count). The van der Waals surface area contributed by atoms with Crippen molar-refractivity contribution >= 4 is 37.6 Å². The maximum atomic E-state index is 4.83. The van der Waals surface area contributed by atoms with Crippen molar-refractivity contribution in [3.8, 4) is 0 Å². The van der Waals surface area contributed by atoms with E-state index >= 15 is 0 Å². The minimum Gasteiger partial charge on any atom is -0.304 e. The fraction of sp³-hybridized carbons (Fsp3) is 0.350. The molecule has 0 atom stereocenters. The van der Waals surface area contributed by atoms with Crippen LogP contribution in [-0.2, 0) is 30.9 Å². The van der Waals surface area contributed by atoms with Crippen molar-refractivity contribution in [3.05, 3.63) is 52.1 Å². The van der Waals surface area contributed by atoms with Gasteiger partial charge < -0.3 is 4.98 Å². The van der Waals surface area contributed by atoms with Gasteiger partial charge in [0.25, 0.3) is 0 Å². The van der Waals surface area contributed by atoms with Gasteiger partial charge >= 0.3 is 0 Å². The topological polar surface area (TPSA) is 12.9 Å². The van der Waals surface area contributed by atoms with Crippen molar-refractivity contribution in [2.24, 2.45) is 0 Å². The maximum Gasteiger partial charge on any atom is 0.0201 e. The molecule has 1 heterocycles. The molecule has 1 aromatic heterocycles. The molecule has 0 aliphatic heterocycles. The molecule has 23 heavy (non-hydrogen) atoms. The van der Waals surface area contributed by atoms with Gasteiger partial charge in [0.15, 0.2) is 0 Å². The van der Waals surface area contributed by atoms with Crippen LogP contribution in [0.25, 0.3) is 21.7 Å². The first-order chi connectivity index (χ1) is 10.3. The molecule has 3 aromatic rings. The first-order valence-corrected chi connectivity index (χ1v) is 8.53. The summed E-state index contributed by atoms with van der Waals surface area (Å²) in [6.45, 7) is 9.37. The van der Waals surface area contributed by atoms with Crippen LogP contribution in [0.3, 0.4) is 0 Å². The Morgan fingerprint density at radius 3 is 2.48 bits per heavy atom. The summed E-state index contributed by atoms with van der Waals surface area (Å²) in [4.78, 5) is 4.83. The summed E-state index contributed by atoms with van der Waals surface area (Å²) in [5, 5.41) is 3.57. The van der Waals surface area contributed by atoms with Crippen molar-refractivity contribution in [3.63, 3.8) is 0 Å². The smallest absolute Gasteiger partial charge is 0.0201 e. The number of fused-ring (bicyclic) bond motifs is 5. The summed E-state index contributed by atoms with van der Waals surface area (Å²) in [5.74, 6) is 0. The predicted octanol–water partition coefficient (Wildman–Crippen LogP) is 5.91. The van der Waals surface area contributed by atoms with Crippen LogP contribution in [-0.4, -0.2) is 4.98 Å². The Balaban J connectivity index is 0.00000156. The van der Waals surface area contributed by atoms with Gasteiger partial charge in [0.1, 0.15) is 0 Å². The van der Waals surface area contributed by atoms with Gasteiger partial charge in [0.2, 0.25) is 0 Å². The van der Waals surface area contributed by atoms with E-state index in [1.54, 1.807) is 0 Å². The van der Waals surface area contributed by atoms with Crippen molar-refractivity contribution in [1.29, 1.82) is 0 Å². The number of benzene rings is 2. The van der Waals surface area contributed by atoms with Crippen LogP contribution in [0.1, 0.15) is 45.2 Å². The van der Waals surface area contributed by atoms with Crippen molar-refractivity contribution < 1.29 is 20.1 Å². The van der Waals surface area contributed by atoms with E-state index in [1.807, 2.05) is 12.1 Å². The quantitative estimate of drug-likeness (QED) is 0.253. The Morgan fingerprint density at radius 1 is 1.04 bits per heavy atom. The van der Waals surface area contributed by atoms with E-state index in [0.717, 1.165) is 21.8 Å². The molecule has 0 saturated heterocycles. The Hall–Kier alpha value is -0.761. The third-order valence-electron chi connectivity index (χ3n) is 5.04. The number of halogens is 1. The average molecular weight is 546 g/mol. The van der Waals surface area contributed by atoms with E-state index in [2.05, 4.69) is 68.0 Å². The Kier molecular flexibility index (Phi) is 3.99. The largest absolute Gasteiger partial charge is 0.304 e. The molecule has 0 amide bonds.